The highest BCUT2D eigenvalue weighted by Crippen LogP contribution is 2.16. The minimum atomic E-state index is -0.844. The number of ether oxygens (including phenoxy) is 1. The summed E-state index contributed by atoms with van der Waals surface area (Å²) in [6.07, 6.45) is -0.690. The number of hydrogen-bond donors (Lipinski definition) is 1. The molecule has 0 aliphatic heterocycles. The molecule has 24 heavy (non-hydrogen) atoms. The molecule has 1 amide bonds. The van der Waals surface area contributed by atoms with Crippen molar-refractivity contribution in [2.24, 2.45) is 0 Å². The highest BCUT2D eigenvalue weighted by atomic mass is 16.5. The van der Waals surface area contributed by atoms with Gasteiger partial charge in [0.25, 0.3) is 5.91 Å². The number of aryl methyl sites for hydroxylation is 3. The van der Waals surface area contributed by atoms with Gasteiger partial charge in [0, 0.05) is 5.69 Å². The summed E-state index contributed by atoms with van der Waals surface area (Å²) < 4.78 is 5.23. The summed E-state index contributed by atoms with van der Waals surface area (Å²) in [6, 6.07) is 13.4. The number of benzene rings is 2. The summed E-state index contributed by atoms with van der Waals surface area (Å²) in [4.78, 5) is 24.2. The monoisotopic (exact) mass is 325 g/mol. The molecule has 0 radical (unpaired) electrons. The smallest absolute Gasteiger partial charge is 0.311 e. The molecule has 4 nitrogen and oxygen atoms in total. The molecule has 0 spiro atoms. The SMILES string of the molecule is Cc1ccc(CC(=O)O[C@@H](C)C(=O)Nc2ccc(C)cc2C)cc1. The third-order valence-electron chi connectivity index (χ3n) is 3.79. The molecule has 2 aromatic rings. The van der Waals surface area contributed by atoms with Crippen LogP contribution in [0.3, 0.4) is 0 Å². The fourth-order valence-corrected chi connectivity index (χ4v) is 2.35. The van der Waals surface area contributed by atoms with E-state index >= 15 is 0 Å². The molecule has 0 aliphatic carbocycles. The average Bonchev–Trinajstić information content (AvgIpc) is 2.52. The van der Waals surface area contributed by atoms with Crippen molar-refractivity contribution in [3.05, 3.63) is 64.7 Å². The van der Waals surface area contributed by atoms with Crippen molar-refractivity contribution in [1.82, 2.24) is 0 Å². The number of esters is 1. The molecule has 0 unspecified atom stereocenters. The Hall–Kier alpha value is -2.62. The van der Waals surface area contributed by atoms with Crippen LogP contribution in [0.5, 0.6) is 0 Å². The number of amides is 1. The second-order valence-electron chi connectivity index (χ2n) is 6.10. The predicted molar refractivity (Wildman–Crippen MR) is 95.0 cm³/mol. The van der Waals surface area contributed by atoms with Gasteiger partial charge in [-0.15, -0.1) is 0 Å². The van der Waals surface area contributed by atoms with Gasteiger partial charge in [-0.1, -0.05) is 47.5 Å². The van der Waals surface area contributed by atoms with Gasteiger partial charge >= 0.3 is 5.97 Å². The van der Waals surface area contributed by atoms with E-state index in [1.54, 1.807) is 6.92 Å². The second-order valence-corrected chi connectivity index (χ2v) is 6.10. The highest BCUT2D eigenvalue weighted by Gasteiger charge is 2.18. The molecule has 2 aromatic carbocycles. The van der Waals surface area contributed by atoms with Gasteiger partial charge in [-0.05, 0) is 44.9 Å². The second kappa shape index (κ2) is 7.77. The molecule has 1 N–H and O–H groups in total. The van der Waals surface area contributed by atoms with Gasteiger partial charge in [0.2, 0.25) is 0 Å². The molecule has 0 fully saturated rings. The number of nitrogens with one attached hydrogen (secondary N) is 1. The maximum atomic E-state index is 12.2. The van der Waals surface area contributed by atoms with Crippen LogP contribution in [-0.2, 0) is 20.7 Å². The first-order valence-corrected chi connectivity index (χ1v) is 7.98. The Morgan fingerprint density at radius 2 is 1.62 bits per heavy atom. The molecule has 1 atom stereocenters. The average molecular weight is 325 g/mol. The molecule has 0 heterocycles. The van der Waals surface area contributed by atoms with Crippen LogP contribution in [0, 0.1) is 20.8 Å². The van der Waals surface area contributed by atoms with E-state index in [4.69, 9.17) is 4.74 Å². The summed E-state index contributed by atoms with van der Waals surface area (Å²) in [5.74, 6) is -0.749. The minimum Gasteiger partial charge on any atom is -0.452 e. The van der Waals surface area contributed by atoms with Crippen molar-refractivity contribution in [3.8, 4) is 0 Å². The molecule has 2 rings (SSSR count). The maximum Gasteiger partial charge on any atom is 0.311 e. The quantitative estimate of drug-likeness (QED) is 0.852. The van der Waals surface area contributed by atoms with Crippen molar-refractivity contribution in [3.63, 3.8) is 0 Å². The first kappa shape index (κ1) is 17.7. The van der Waals surface area contributed by atoms with Crippen molar-refractivity contribution < 1.29 is 14.3 Å². The molecule has 0 saturated carbocycles. The van der Waals surface area contributed by atoms with E-state index < -0.39 is 12.1 Å². The van der Waals surface area contributed by atoms with E-state index in [9.17, 15) is 9.59 Å². The van der Waals surface area contributed by atoms with Gasteiger partial charge in [0.05, 0.1) is 6.42 Å². The zero-order valence-corrected chi connectivity index (χ0v) is 14.6. The molecule has 4 heteroatoms. The Kier molecular flexibility index (Phi) is 5.74. The largest absolute Gasteiger partial charge is 0.452 e. The van der Waals surface area contributed by atoms with Crippen LogP contribution in [0.25, 0.3) is 0 Å². The van der Waals surface area contributed by atoms with Crippen molar-refractivity contribution in [2.45, 2.75) is 40.2 Å². The fourth-order valence-electron chi connectivity index (χ4n) is 2.35. The zero-order chi connectivity index (χ0) is 17.7. The molecular formula is C20H23NO3. The maximum absolute atomic E-state index is 12.2. The number of carbonyl (C=O) groups is 2. The lowest BCUT2D eigenvalue weighted by atomic mass is 10.1. The molecule has 0 bridgehead atoms. The molecule has 0 saturated heterocycles. The Morgan fingerprint density at radius 1 is 1.00 bits per heavy atom. The number of anilines is 1. The lowest BCUT2D eigenvalue weighted by molar-refractivity contribution is -0.152. The van der Waals surface area contributed by atoms with Crippen LogP contribution >= 0.6 is 0 Å². The van der Waals surface area contributed by atoms with Gasteiger partial charge in [-0.3, -0.25) is 9.59 Å². The normalized spacial score (nSPS) is 11.7. The van der Waals surface area contributed by atoms with Crippen LogP contribution in [-0.4, -0.2) is 18.0 Å². The van der Waals surface area contributed by atoms with Crippen LogP contribution in [0.1, 0.15) is 29.2 Å². The van der Waals surface area contributed by atoms with Gasteiger partial charge in [0.1, 0.15) is 0 Å². The van der Waals surface area contributed by atoms with Crippen molar-refractivity contribution in [1.29, 1.82) is 0 Å². The van der Waals surface area contributed by atoms with E-state index in [0.717, 1.165) is 27.9 Å². The lowest BCUT2D eigenvalue weighted by Crippen LogP contribution is -2.30. The predicted octanol–water partition coefficient (Wildman–Crippen LogP) is 3.72. The number of carbonyl (C=O) groups excluding carboxylic acids is 2. The summed E-state index contributed by atoms with van der Waals surface area (Å²) in [6.45, 7) is 7.48. The third kappa shape index (κ3) is 4.95. The summed E-state index contributed by atoms with van der Waals surface area (Å²) in [5, 5.41) is 2.80. The standard InChI is InChI=1S/C20H23NO3/c1-13-5-8-17(9-6-13)12-19(22)24-16(4)20(23)21-18-10-7-14(2)11-15(18)3/h5-11,16H,12H2,1-4H3,(H,21,23)/t16-/m0/s1. The summed E-state index contributed by atoms with van der Waals surface area (Å²) in [5.41, 5.74) is 4.83. The Bertz CT molecular complexity index is 735. The van der Waals surface area contributed by atoms with Crippen molar-refractivity contribution in [2.75, 3.05) is 5.32 Å². The van der Waals surface area contributed by atoms with Gasteiger partial charge in [-0.25, -0.2) is 0 Å². The van der Waals surface area contributed by atoms with E-state index in [1.807, 2.05) is 63.2 Å². The van der Waals surface area contributed by atoms with Gasteiger partial charge in [0.15, 0.2) is 6.10 Å². The van der Waals surface area contributed by atoms with Crippen LogP contribution < -0.4 is 5.32 Å². The first-order valence-electron chi connectivity index (χ1n) is 7.98. The Labute approximate surface area is 142 Å². The first-order chi connectivity index (χ1) is 11.3. The molecular weight excluding hydrogens is 302 g/mol. The summed E-state index contributed by atoms with van der Waals surface area (Å²) >= 11 is 0. The minimum absolute atomic E-state index is 0.154. The Morgan fingerprint density at radius 3 is 2.25 bits per heavy atom. The summed E-state index contributed by atoms with van der Waals surface area (Å²) in [7, 11) is 0. The zero-order valence-electron chi connectivity index (χ0n) is 14.6. The third-order valence-corrected chi connectivity index (χ3v) is 3.79. The molecule has 0 aliphatic rings. The van der Waals surface area contributed by atoms with Gasteiger partial charge in [-0.2, -0.15) is 0 Å². The topological polar surface area (TPSA) is 55.4 Å². The van der Waals surface area contributed by atoms with Crippen molar-refractivity contribution >= 4 is 17.6 Å². The molecule has 126 valence electrons. The van der Waals surface area contributed by atoms with Crippen LogP contribution in [0.4, 0.5) is 5.69 Å². The lowest BCUT2D eigenvalue weighted by Gasteiger charge is -2.15. The van der Waals surface area contributed by atoms with Crippen LogP contribution in [0.2, 0.25) is 0 Å². The van der Waals surface area contributed by atoms with E-state index in [1.165, 1.54) is 0 Å². The van der Waals surface area contributed by atoms with Gasteiger partial charge < -0.3 is 10.1 Å². The van der Waals surface area contributed by atoms with Crippen LogP contribution in [0.15, 0.2) is 42.5 Å². The molecule has 0 aromatic heterocycles. The van der Waals surface area contributed by atoms with E-state index in [-0.39, 0.29) is 12.3 Å². The van der Waals surface area contributed by atoms with E-state index in [2.05, 4.69) is 5.32 Å². The Balaban J connectivity index is 1.90. The number of hydrogen-bond acceptors (Lipinski definition) is 3. The number of rotatable bonds is 5. The van der Waals surface area contributed by atoms with E-state index in [0.29, 0.717) is 0 Å². The highest BCUT2D eigenvalue weighted by molar-refractivity contribution is 5.95. The fraction of sp³-hybridized carbons (Fsp3) is 0.300.